The first-order chi connectivity index (χ1) is 30.7. The molecule has 4 bridgehead atoms. The van der Waals surface area contributed by atoms with Crippen molar-refractivity contribution in [3.05, 3.63) is 76.9 Å². The van der Waals surface area contributed by atoms with Crippen molar-refractivity contribution >= 4 is 29.2 Å². The van der Waals surface area contributed by atoms with Crippen LogP contribution in [-0.4, -0.2) is 86.6 Å². The van der Waals surface area contributed by atoms with Crippen molar-refractivity contribution < 1.29 is 38.2 Å². The number of fused-ring (bicyclic) bond motifs is 5. The number of hydrogen-bond acceptors (Lipinski definition) is 12. The molecule has 1 aliphatic carbocycles. The number of hydrogen-bond donors (Lipinski definition) is 4. The topological polar surface area (TPSA) is 230 Å². The number of nitrogens with two attached hydrogens (primary N) is 3. The van der Waals surface area contributed by atoms with Crippen LogP contribution in [0.15, 0.2) is 54.6 Å². The number of aryl methyl sites for hydroxylation is 1. The molecule has 3 aromatic carbocycles. The summed E-state index contributed by atoms with van der Waals surface area (Å²) >= 11 is 0. The normalized spacial score (nSPS) is 19.0. The lowest BCUT2D eigenvalue weighted by Crippen LogP contribution is -2.46. The van der Waals surface area contributed by atoms with E-state index in [0.717, 1.165) is 18.4 Å². The van der Waals surface area contributed by atoms with E-state index in [1.165, 1.54) is 31.2 Å². The monoisotopic (exact) mass is 878 g/mol. The van der Waals surface area contributed by atoms with Crippen molar-refractivity contribution in [1.82, 2.24) is 10.2 Å². The van der Waals surface area contributed by atoms with Gasteiger partial charge < -0.3 is 41.6 Å². The number of nitriles is 1. The Morgan fingerprint density at radius 1 is 0.891 bits per heavy atom. The summed E-state index contributed by atoms with van der Waals surface area (Å²) in [6.45, 7) is 7.24. The number of benzene rings is 3. The highest BCUT2D eigenvalue weighted by Crippen LogP contribution is 2.41. The van der Waals surface area contributed by atoms with Crippen LogP contribution in [0, 0.1) is 35.5 Å². The molecule has 0 unspecified atom stereocenters. The van der Waals surface area contributed by atoms with E-state index in [0.29, 0.717) is 51.7 Å². The zero-order valence-electron chi connectivity index (χ0n) is 37.9. The van der Waals surface area contributed by atoms with E-state index in [9.17, 15) is 29.2 Å². The third kappa shape index (κ3) is 12.8. The van der Waals surface area contributed by atoms with Crippen LogP contribution in [0.5, 0.6) is 17.2 Å². The van der Waals surface area contributed by atoms with Gasteiger partial charge in [-0.15, -0.1) is 0 Å². The third-order valence-electron chi connectivity index (χ3n) is 12.5. The maximum Gasteiger partial charge on any atom is 0.226 e. The van der Waals surface area contributed by atoms with Crippen molar-refractivity contribution in [3.63, 3.8) is 0 Å². The zero-order chi connectivity index (χ0) is 46.4. The maximum absolute atomic E-state index is 14.7. The van der Waals surface area contributed by atoms with Gasteiger partial charge in [0.15, 0.2) is 17.3 Å². The largest absolute Gasteiger partial charge is 0.493 e. The lowest BCUT2D eigenvalue weighted by atomic mass is 9.76. The van der Waals surface area contributed by atoms with E-state index < -0.39 is 41.5 Å². The predicted molar refractivity (Wildman–Crippen MR) is 245 cm³/mol. The van der Waals surface area contributed by atoms with Gasteiger partial charge >= 0.3 is 0 Å². The minimum absolute atomic E-state index is 0.0236. The molecule has 1 saturated carbocycles. The molecule has 344 valence electrons. The number of nitrogens with one attached hydrogen (secondary N) is 1. The first-order valence-electron chi connectivity index (χ1n) is 22.6. The van der Waals surface area contributed by atoms with Crippen molar-refractivity contribution in [1.29, 1.82) is 5.26 Å². The van der Waals surface area contributed by atoms with Crippen LogP contribution in [0.2, 0.25) is 0 Å². The molecule has 0 aromatic heterocycles. The smallest absolute Gasteiger partial charge is 0.226 e. The highest BCUT2D eigenvalue weighted by atomic mass is 16.5. The van der Waals surface area contributed by atoms with Crippen molar-refractivity contribution in [3.8, 4) is 34.4 Å². The van der Waals surface area contributed by atoms with E-state index in [1.54, 1.807) is 49.4 Å². The Morgan fingerprint density at radius 3 is 2.20 bits per heavy atom. The predicted octanol–water partition coefficient (Wildman–Crippen LogP) is 5.93. The number of nitrogens with zero attached hydrogens (tertiary/aromatic N) is 2. The molecule has 0 spiro atoms. The van der Waals surface area contributed by atoms with Gasteiger partial charge in [-0.25, -0.2) is 0 Å². The summed E-state index contributed by atoms with van der Waals surface area (Å²) in [7, 11) is 1.52. The maximum atomic E-state index is 14.7. The number of ether oxygens (including phenoxy) is 3. The van der Waals surface area contributed by atoms with Gasteiger partial charge in [0.1, 0.15) is 36.5 Å². The molecule has 1 aliphatic heterocycles. The molecule has 2 amide bonds. The summed E-state index contributed by atoms with van der Waals surface area (Å²) in [4.78, 5) is 72.1. The van der Waals surface area contributed by atoms with E-state index in [1.807, 2.05) is 25.1 Å². The molecular weight excluding hydrogens is 813 g/mol. The number of likely N-dealkylation sites (N-methyl/N-ethyl adjacent to an activating group) is 1. The molecule has 1 fully saturated rings. The zero-order valence-corrected chi connectivity index (χ0v) is 37.9. The fraction of sp³-hybridized carbons (Fsp3) is 0.520. The van der Waals surface area contributed by atoms with Gasteiger partial charge in [0.2, 0.25) is 11.8 Å². The first kappa shape index (κ1) is 49.4. The highest BCUT2D eigenvalue weighted by molar-refractivity contribution is 6.01. The Hall–Kier alpha value is -5.62. The molecular formula is C50H66N6O8. The van der Waals surface area contributed by atoms with E-state index in [-0.39, 0.29) is 88.4 Å². The second-order valence-electron chi connectivity index (χ2n) is 17.7. The van der Waals surface area contributed by atoms with Gasteiger partial charge in [0.05, 0.1) is 18.7 Å². The summed E-state index contributed by atoms with van der Waals surface area (Å²) in [6.07, 6.45) is 5.66. The number of ketones is 3. The Labute approximate surface area is 377 Å². The van der Waals surface area contributed by atoms with Crippen LogP contribution >= 0.6 is 0 Å². The molecule has 14 heteroatoms. The molecule has 5 rings (SSSR count). The Kier molecular flexibility index (Phi) is 18.0. The fourth-order valence-electron chi connectivity index (χ4n) is 8.82. The van der Waals surface area contributed by atoms with Crippen LogP contribution in [0.1, 0.15) is 111 Å². The van der Waals surface area contributed by atoms with Crippen LogP contribution in [-0.2, 0) is 25.6 Å². The average Bonchev–Trinajstić information content (AvgIpc) is 3.28. The number of carbonyl (C=O) groups is 5. The van der Waals surface area contributed by atoms with Crippen molar-refractivity contribution in [2.24, 2.45) is 34.5 Å². The summed E-state index contributed by atoms with van der Waals surface area (Å²) in [5.41, 5.74) is 21.3. The quantitative estimate of drug-likeness (QED) is 0.103. The van der Waals surface area contributed by atoms with E-state index in [4.69, 9.17) is 31.4 Å². The van der Waals surface area contributed by atoms with Gasteiger partial charge in [0, 0.05) is 79.8 Å². The van der Waals surface area contributed by atoms with E-state index >= 15 is 0 Å². The van der Waals surface area contributed by atoms with Crippen LogP contribution < -0.4 is 36.7 Å². The number of Topliss-reactive ketones (excluding diaryl/α,β-unsaturated/α-hetero) is 3. The van der Waals surface area contributed by atoms with Gasteiger partial charge in [-0.3, -0.25) is 24.0 Å². The van der Waals surface area contributed by atoms with Crippen molar-refractivity contribution in [2.45, 2.75) is 103 Å². The highest BCUT2D eigenvalue weighted by Gasteiger charge is 2.36. The fourth-order valence-corrected chi connectivity index (χ4v) is 8.82. The van der Waals surface area contributed by atoms with Gasteiger partial charge in [-0.1, -0.05) is 45.2 Å². The van der Waals surface area contributed by atoms with Gasteiger partial charge in [-0.05, 0) is 98.3 Å². The lowest BCUT2D eigenvalue weighted by molar-refractivity contribution is -0.142. The Bertz CT molecular complexity index is 2180. The summed E-state index contributed by atoms with van der Waals surface area (Å²) < 4.78 is 18.5. The van der Waals surface area contributed by atoms with Crippen molar-refractivity contribution in [2.75, 3.05) is 46.5 Å². The molecule has 7 N–H and O–H groups in total. The van der Waals surface area contributed by atoms with Gasteiger partial charge in [0.25, 0.3) is 0 Å². The van der Waals surface area contributed by atoms with E-state index in [2.05, 4.69) is 12.2 Å². The standard InChI is InChI=1S/C50H66N6O8/c1-32-25-37(64-31-50(3)17-6-5-7-18-50)12-13-38(32)43(58)30-36(16-20-52)49(61)56(4)47-35-11-15-46(63-24-22-54)40(29-35)39-27-34(10-14-45(39)62-23-21-53)28-41(42(57)9-8-19-51)55-48(60)33(2)26-44(47)59/h10-15,25,27,29,33,36,41,47H,5-9,16-18,20-24,26,28,30-31,52-54H2,1-4H3,(H,55,60)/t33-,36-,41+,47+/m1/s1. The Morgan fingerprint density at radius 2 is 1.56 bits per heavy atom. The molecule has 4 atom stereocenters. The lowest BCUT2D eigenvalue weighted by Gasteiger charge is -2.33. The average molecular weight is 879 g/mol. The molecule has 14 nitrogen and oxygen atoms in total. The summed E-state index contributed by atoms with van der Waals surface area (Å²) in [5.74, 6) is -2.19. The summed E-state index contributed by atoms with van der Waals surface area (Å²) in [5, 5.41) is 12.1. The molecule has 0 saturated heterocycles. The minimum atomic E-state index is -1.21. The van der Waals surface area contributed by atoms with Crippen LogP contribution in [0.25, 0.3) is 11.1 Å². The number of rotatable bonds is 19. The van der Waals surface area contributed by atoms with Crippen LogP contribution in [0.4, 0.5) is 0 Å². The molecule has 0 radical (unpaired) electrons. The summed E-state index contributed by atoms with van der Waals surface area (Å²) in [6, 6.07) is 15.8. The van der Waals surface area contributed by atoms with Gasteiger partial charge in [-0.2, -0.15) is 5.26 Å². The molecule has 3 aromatic rings. The molecule has 1 heterocycles. The van der Waals surface area contributed by atoms with Crippen LogP contribution in [0.3, 0.4) is 0 Å². The Balaban J connectivity index is 1.52. The SMILES string of the molecule is Cc1cc(OCC2(C)CCCCC2)ccc1C(=O)C[C@@H](CCN)C(=O)N(C)[C@@H]1C(=O)C[C@@H](C)C(=O)N[C@H](C(=O)CCC#N)Cc2ccc(OCCN)c(c2)-c2cc1ccc2OCCN. The third-order valence-corrected chi connectivity index (χ3v) is 12.5. The second kappa shape index (κ2) is 23.4. The minimum Gasteiger partial charge on any atom is -0.493 e. The molecule has 2 aliphatic rings. The number of amides is 2. The second-order valence-corrected chi connectivity index (χ2v) is 17.7. The first-order valence-corrected chi connectivity index (χ1v) is 22.6. The number of carbonyl (C=O) groups excluding carboxylic acids is 5. The molecule has 64 heavy (non-hydrogen) atoms.